The van der Waals surface area contributed by atoms with E-state index in [4.69, 9.17) is 18.9 Å². The van der Waals surface area contributed by atoms with Gasteiger partial charge in [-0.3, -0.25) is 10.1 Å². The largest absolute Gasteiger partial charge is 0.513 e. The van der Waals surface area contributed by atoms with Gasteiger partial charge in [0.2, 0.25) is 0 Å². The number of hydrogen-bond donors (Lipinski definition) is 0. The van der Waals surface area contributed by atoms with E-state index in [1.165, 1.54) is 24.3 Å². The minimum atomic E-state index is -0.888. The fraction of sp³-hybridized carbons (Fsp3) is 0.500. The van der Waals surface area contributed by atoms with E-state index < -0.39 is 17.4 Å². The van der Waals surface area contributed by atoms with Gasteiger partial charge in [-0.05, 0) is 26.0 Å². The molecule has 0 bridgehead atoms. The van der Waals surface area contributed by atoms with Gasteiger partial charge in [0.25, 0.3) is 5.69 Å². The van der Waals surface area contributed by atoms with Gasteiger partial charge in [-0.15, -0.1) is 0 Å². The van der Waals surface area contributed by atoms with Crippen LogP contribution in [0, 0.1) is 10.1 Å². The lowest BCUT2D eigenvalue weighted by atomic mass is 10.3. The molecule has 0 unspecified atom stereocenters. The highest BCUT2D eigenvalue weighted by Crippen LogP contribution is 2.17. The molecule has 0 spiro atoms. The Morgan fingerprint density at radius 1 is 1.18 bits per heavy atom. The third-order valence-electron chi connectivity index (χ3n) is 2.53. The van der Waals surface area contributed by atoms with E-state index in [9.17, 15) is 14.9 Å². The molecule has 0 saturated carbocycles. The number of nitro groups is 1. The first-order valence-electron chi connectivity index (χ1n) is 6.89. The van der Waals surface area contributed by atoms with Gasteiger partial charge in [0.15, 0.2) is 6.29 Å². The number of nitrogens with zero attached hydrogens (tertiary/aromatic N) is 1. The molecule has 0 fully saturated rings. The van der Waals surface area contributed by atoms with Crippen molar-refractivity contribution < 1.29 is 28.7 Å². The Morgan fingerprint density at radius 3 is 2.27 bits per heavy atom. The van der Waals surface area contributed by atoms with Crippen LogP contribution < -0.4 is 4.74 Å². The Bertz CT molecular complexity index is 469. The van der Waals surface area contributed by atoms with Gasteiger partial charge < -0.3 is 18.9 Å². The number of benzene rings is 1. The van der Waals surface area contributed by atoms with E-state index in [2.05, 4.69) is 0 Å². The summed E-state index contributed by atoms with van der Waals surface area (Å²) in [6.07, 6.45) is -0.931. The van der Waals surface area contributed by atoms with Crippen LogP contribution in [0.1, 0.15) is 20.3 Å². The van der Waals surface area contributed by atoms with Crippen molar-refractivity contribution in [2.75, 3.05) is 19.8 Å². The standard InChI is InChI=1S/C14H19NO7/c1-3-19-13(20-4-2)9-10-21-14(16)22-12-7-5-11(6-8-12)15(17)18/h5-8,13H,3-4,9-10H2,1-2H3. The van der Waals surface area contributed by atoms with E-state index in [1.54, 1.807) is 0 Å². The Kier molecular flexibility index (Phi) is 7.87. The molecule has 0 N–H and O–H groups in total. The minimum absolute atomic E-state index is 0.0798. The normalized spacial score (nSPS) is 10.5. The summed E-state index contributed by atoms with van der Waals surface area (Å²) in [6.45, 7) is 4.76. The van der Waals surface area contributed by atoms with Gasteiger partial charge in [0.05, 0.1) is 11.5 Å². The van der Waals surface area contributed by atoms with Gasteiger partial charge in [-0.1, -0.05) is 0 Å². The molecule has 0 aliphatic rings. The lowest BCUT2D eigenvalue weighted by Gasteiger charge is -2.16. The maximum Gasteiger partial charge on any atom is 0.513 e. The Hall–Kier alpha value is -2.19. The van der Waals surface area contributed by atoms with Crippen molar-refractivity contribution in [3.05, 3.63) is 34.4 Å². The summed E-state index contributed by atoms with van der Waals surface area (Å²) < 4.78 is 20.4. The van der Waals surface area contributed by atoms with Crippen molar-refractivity contribution in [1.82, 2.24) is 0 Å². The summed E-state index contributed by atoms with van der Waals surface area (Å²) in [7, 11) is 0. The molecule has 8 nitrogen and oxygen atoms in total. The van der Waals surface area contributed by atoms with E-state index >= 15 is 0 Å². The minimum Gasteiger partial charge on any atom is -0.434 e. The summed E-state index contributed by atoms with van der Waals surface area (Å²) in [4.78, 5) is 21.4. The SMILES string of the molecule is CCOC(CCOC(=O)Oc1ccc([N+](=O)[O-])cc1)OCC. The Labute approximate surface area is 128 Å². The summed E-state index contributed by atoms with van der Waals surface area (Å²) in [5.41, 5.74) is -0.0861. The molecule has 0 aliphatic carbocycles. The molecule has 0 radical (unpaired) electrons. The van der Waals surface area contributed by atoms with E-state index in [0.717, 1.165) is 0 Å². The number of nitro benzene ring substituents is 1. The molecule has 22 heavy (non-hydrogen) atoms. The zero-order valence-corrected chi connectivity index (χ0v) is 12.5. The lowest BCUT2D eigenvalue weighted by Crippen LogP contribution is -2.21. The monoisotopic (exact) mass is 313 g/mol. The second-order valence-corrected chi connectivity index (χ2v) is 4.08. The molecule has 1 aromatic rings. The van der Waals surface area contributed by atoms with Gasteiger partial charge in [-0.2, -0.15) is 0 Å². The van der Waals surface area contributed by atoms with E-state index in [-0.39, 0.29) is 18.0 Å². The van der Waals surface area contributed by atoms with Crippen LogP contribution in [0.15, 0.2) is 24.3 Å². The summed E-state index contributed by atoms with van der Waals surface area (Å²) in [6, 6.07) is 5.12. The fourth-order valence-corrected chi connectivity index (χ4v) is 1.59. The van der Waals surface area contributed by atoms with Crippen molar-refractivity contribution in [2.45, 2.75) is 26.6 Å². The predicted molar refractivity (Wildman–Crippen MR) is 76.7 cm³/mol. The number of hydrogen-bond acceptors (Lipinski definition) is 7. The molecule has 1 aromatic carbocycles. The molecule has 0 atom stereocenters. The van der Waals surface area contributed by atoms with Crippen LogP contribution in [-0.2, 0) is 14.2 Å². The summed E-state index contributed by atoms with van der Waals surface area (Å²) in [5.74, 6) is 0.168. The first-order chi connectivity index (χ1) is 10.6. The molecule has 0 aromatic heterocycles. The van der Waals surface area contributed by atoms with E-state index in [0.29, 0.717) is 19.6 Å². The zero-order valence-electron chi connectivity index (χ0n) is 12.5. The van der Waals surface area contributed by atoms with Gasteiger partial charge in [0.1, 0.15) is 5.75 Å². The second kappa shape index (κ2) is 9.69. The summed E-state index contributed by atoms with van der Waals surface area (Å²) >= 11 is 0. The van der Waals surface area contributed by atoms with Crippen LogP contribution in [0.4, 0.5) is 10.5 Å². The summed E-state index contributed by atoms with van der Waals surface area (Å²) in [5, 5.41) is 10.5. The van der Waals surface area contributed by atoms with Crippen LogP contribution in [0.2, 0.25) is 0 Å². The van der Waals surface area contributed by atoms with Gasteiger partial charge in [0, 0.05) is 31.8 Å². The van der Waals surface area contributed by atoms with Crippen LogP contribution in [0.5, 0.6) is 5.75 Å². The van der Waals surface area contributed by atoms with E-state index in [1.807, 2.05) is 13.8 Å². The highest BCUT2D eigenvalue weighted by atomic mass is 16.7. The predicted octanol–water partition coefficient (Wildman–Crippen LogP) is 2.90. The van der Waals surface area contributed by atoms with Crippen LogP contribution in [-0.4, -0.2) is 37.2 Å². The molecule has 8 heteroatoms. The second-order valence-electron chi connectivity index (χ2n) is 4.08. The number of carbonyl (C=O) groups is 1. The van der Waals surface area contributed by atoms with Gasteiger partial charge in [-0.25, -0.2) is 4.79 Å². The zero-order chi connectivity index (χ0) is 16.4. The van der Waals surface area contributed by atoms with Crippen LogP contribution >= 0.6 is 0 Å². The molecular weight excluding hydrogens is 294 g/mol. The maximum atomic E-state index is 11.5. The molecule has 1 rings (SSSR count). The number of non-ortho nitro benzene ring substituents is 1. The Morgan fingerprint density at radius 2 is 1.77 bits per heavy atom. The van der Waals surface area contributed by atoms with Crippen molar-refractivity contribution in [3.63, 3.8) is 0 Å². The highest BCUT2D eigenvalue weighted by Gasteiger charge is 2.12. The molecular formula is C14H19NO7. The van der Waals surface area contributed by atoms with Crippen LogP contribution in [0.3, 0.4) is 0 Å². The molecule has 122 valence electrons. The van der Waals surface area contributed by atoms with Crippen LogP contribution in [0.25, 0.3) is 0 Å². The smallest absolute Gasteiger partial charge is 0.434 e. The van der Waals surface area contributed by atoms with Crippen molar-refractivity contribution in [3.8, 4) is 5.75 Å². The number of ether oxygens (including phenoxy) is 4. The van der Waals surface area contributed by atoms with Crippen molar-refractivity contribution in [1.29, 1.82) is 0 Å². The third kappa shape index (κ3) is 6.51. The quantitative estimate of drug-likeness (QED) is 0.227. The van der Waals surface area contributed by atoms with Crippen molar-refractivity contribution >= 4 is 11.8 Å². The third-order valence-corrected chi connectivity index (χ3v) is 2.53. The first kappa shape index (κ1) is 17.9. The number of rotatable bonds is 9. The molecule has 0 aliphatic heterocycles. The molecule has 0 amide bonds. The Balaban J connectivity index is 2.34. The highest BCUT2D eigenvalue weighted by molar-refractivity contribution is 5.63. The maximum absolute atomic E-state index is 11.5. The first-order valence-corrected chi connectivity index (χ1v) is 6.89. The average Bonchev–Trinajstić information content (AvgIpc) is 2.48. The van der Waals surface area contributed by atoms with Crippen molar-refractivity contribution in [2.24, 2.45) is 0 Å². The molecule has 0 saturated heterocycles. The number of carbonyl (C=O) groups excluding carboxylic acids is 1. The topological polar surface area (TPSA) is 97.1 Å². The fourth-order valence-electron chi connectivity index (χ4n) is 1.59. The average molecular weight is 313 g/mol. The van der Waals surface area contributed by atoms with Gasteiger partial charge >= 0.3 is 6.16 Å². The lowest BCUT2D eigenvalue weighted by molar-refractivity contribution is -0.384. The molecule has 0 heterocycles.